The van der Waals surface area contributed by atoms with E-state index in [1.54, 1.807) is 0 Å². The van der Waals surface area contributed by atoms with Crippen molar-refractivity contribution in [2.75, 3.05) is 26.7 Å². The van der Waals surface area contributed by atoms with Gasteiger partial charge in [0.05, 0.1) is 16.9 Å². The Labute approximate surface area is 127 Å². The minimum Gasteiger partial charge on any atom is -0.488 e. The van der Waals surface area contributed by atoms with E-state index < -0.39 is 37.1 Å². The van der Waals surface area contributed by atoms with E-state index in [0.717, 1.165) is 26.1 Å². The number of nitrogens with one attached hydrogen (secondary N) is 2. The number of nitrogens with zero attached hydrogens (tertiary/aromatic N) is 1. The van der Waals surface area contributed by atoms with Crippen molar-refractivity contribution in [3.8, 4) is 5.75 Å². The summed E-state index contributed by atoms with van der Waals surface area (Å²) >= 11 is 0. The highest BCUT2D eigenvalue weighted by molar-refractivity contribution is 7.89. The number of halogens is 1. The Kier molecular flexibility index (Phi) is 6.65. The lowest BCUT2D eigenvalue weighted by atomic mass is 10.3. The molecule has 22 heavy (non-hydrogen) atoms. The zero-order valence-corrected chi connectivity index (χ0v) is 13.1. The molecular weight excluding hydrogens is 317 g/mol. The molecule has 10 heteroatoms. The van der Waals surface area contributed by atoms with E-state index in [1.807, 2.05) is 6.92 Å². The average Bonchev–Trinajstić information content (AvgIpc) is 2.45. The van der Waals surface area contributed by atoms with Crippen LogP contribution in [0.25, 0.3) is 0 Å². The Morgan fingerprint density at radius 3 is 2.55 bits per heavy atom. The molecule has 0 aromatic heterocycles. The van der Waals surface area contributed by atoms with E-state index in [0.29, 0.717) is 12.6 Å². The first-order valence-corrected chi connectivity index (χ1v) is 8.04. The van der Waals surface area contributed by atoms with Crippen LogP contribution in [0, 0.1) is 15.9 Å². The van der Waals surface area contributed by atoms with Gasteiger partial charge in [-0.25, -0.2) is 17.5 Å². The van der Waals surface area contributed by atoms with Crippen LogP contribution >= 0.6 is 0 Å². The van der Waals surface area contributed by atoms with Gasteiger partial charge in [-0.15, -0.1) is 0 Å². The molecule has 0 aliphatic rings. The van der Waals surface area contributed by atoms with Gasteiger partial charge in [-0.1, -0.05) is 6.92 Å². The van der Waals surface area contributed by atoms with Crippen LogP contribution in [0.4, 0.5) is 10.1 Å². The molecule has 124 valence electrons. The Balaban J connectivity index is 2.97. The van der Waals surface area contributed by atoms with Gasteiger partial charge in [-0.3, -0.25) is 10.1 Å². The Bertz CT molecular complexity index is 636. The number of ether oxygens (including phenoxy) is 1. The fourth-order valence-electron chi connectivity index (χ4n) is 1.71. The van der Waals surface area contributed by atoms with Gasteiger partial charge in [-0.2, -0.15) is 0 Å². The van der Waals surface area contributed by atoms with Crippen molar-refractivity contribution in [2.45, 2.75) is 18.2 Å². The minimum absolute atomic E-state index is 0.0871. The summed E-state index contributed by atoms with van der Waals surface area (Å²) in [5.74, 6) is -1.71. The molecule has 0 saturated heterocycles. The first-order valence-electron chi connectivity index (χ1n) is 6.55. The molecule has 0 atom stereocenters. The number of hydrogen-bond donors (Lipinski definition) is 2. The fraction of sp³-hybridized carbons (Fsp3) is 0.500. The zero-order valence-electron chi connectivity index (χ0n) is 12.3. The van der Waals surface area contributed by atoms with Crippen molar-refractivity contribution in [2.24, 2.45) is 0 Å². The summed E-state index contributed by atoms with van der Waals surface area (Å²) in [7, 11) is -2.97. The zero-order chi connectivity index (χ0) is 16.8. The van der Waals surface area contributed by atoms with Crippen LogP contribution < -0.4 is 14.8 Å². The predicted octanol–water partition coefficient (Wildman–Crippen LogP) is 1.02. The summed E-state index contributed by atoms with van der Waals surface area (Å²) in [5, 5.41) is 13.9. The molecule has 2 N–H and O–H groups in total. The molecule has 0 unspecified atom stereocenters. The van der Waals surface area contributed by atoms with Crippen molar-refractivity contribution in [3.05, 3.63) is 28.1 Å². The van der Waals surface area contributed by atoms with E-state index in [2.05, 4.69) is 14.8 Å². The van der Waals surface area contributed by atoms with Gasteiger partial charge in [0, 0.05) is 19.2 Å². The van der Waals surface area contributed by atoms with E-state index in [-0.39, 0.29) is 6.54 Å². The van der Waals surface area contributed by atoms with Gasteiger partial charge in [-0.05, 0) is 19.0 Å². The van der Waals surface area contributed by atoms with Crippen LogP contribution in [-0.4, -0.2) is 40.1 Å². The lowest BCUT2D eigenvalue weighted by Crippen LogP contribution is -2.32. The maximum Gasteiger partial charge on any atom is 0.315 e. The molecule has 8 nitrogen and oxygen atoms in total. The van der Waals surface area contributed by atoms with Crippen molar-refractivity contribution >= 4 is 15.7 Å². The molecule has 1 aromatic carbocycles. The topological polar surface area (TPSA) is 111 Å². The van der Waals surface area contributed by atoms with Gasteiger partial charge in [0.2, 0.25) is 15.8 Å². The lowest BCUT2D eigenvalue weighted by Gasteiger charge is -2.09. The Morgan fingerprint density at radius 1 is 1.32 bits per heavy atom. The van der Waals surface area contributed by atoms with Crippen molar-refractivity contribution in [1.29, 1.82) is 0 Å². The van der Waals surface area contributed by atoms with Gasteiger partial charge in [0.1, 0.15) is 0 Å². The third-order valence-electron chi connectivity index (χ3n) is 2.73. The van der Waals surface area contributed by atoms with Crippen molar-refractivity contribution < 1.29 is 22.5 Å². The largest absolute Gasteiger partial charge is 0.488 e. The SMILES string of the molecule is CCCNCCNS(=O)(=O)c1cc(F)c(OC)c([N+](=O)[O-])c1. The Hall–Kier alpha value is -1.78. The standard InChI is InChI=1S/C12H18FN3O5S/c1-3-4-14-5-6-15-22(19,20)9-7-10(13)12(21-2)11(8-9)16(17)18/h7-8,14-15H,3-6H2,1-2H3. The van der Waals surface area contributed by atoms with Crippen molar-refractivity contribution in [3.63, 3.8) is 0 Å². The van der Waals surface area contributed by atoms with Crippen LogP contribution in [0.5, 0.6) is 5.75 Å². The second-order valence-corrected chi connectivity index (χ2v) is 6.13. The van der Waals surface area contributed by atoms with Gasteiger partial charge < -0.3 is 10.1 Å². The quantitative estimate of drug-likeness (QED) is 0.396. The number of methoxy groups -OCH3 is 1. The molecule has 0 amide bonds. The number of rotatable bonds is 9. The molecular formula is C12H18FN3O5S. The lowest BCUT2D eigenvalue weighted by molar-refractivity contribution is -0.386. The number of sulfonamides is 1. The van der Waals surface area contributed by atoms with Crippen LogP contribution in [-0.2, 0) is 10.0 Å². The second kappa shape index (κ2) is 8.01. The molecule has 0 heterocycles. The monoisotopic (exact) mass is 335 g/mol. The van der Waals surface area contributed by atoms with Gasteiger partial charge >= 0.3 is 5.69 Å². The highest BCUT2D eigenvalue weighted by atomic mass is 32.2. The van der Waals surface area contributed by atoms with Gasteiger partial charge in [0.15, 0.2) is 5.82 Å². The molecule has 0 aliphatic carbocycles. The third kappa shape index (κ3) is 4.61. The molecule has 1 rings (SSSR count). The summed E-state index contributed by atoms with van der Waals surface area (Å²) in [6, 6.07) is 1.46. The molecule has 0 aliphatic heterocycles. The van der Waals surface area contributed by atoms with Crippen LogP contribution in [0.1, 0.15) is 13.3 Å². The number of nitro groups is 1. The van der Waals surface area contributed by atoms with E-state index >= 15 is 0 Å². The number of benzene rings is 1. The van der Waals surface area contributed by atoms with Crippen LogP contribution in [0.2, 0.25) is 0 Å². The molecule has 0 spiro atoms. The third-order valence-corrected chi connectivity index (χ3v) is 4.17. The Morgan fingerprint density at radius 2 is 2.00 bits per heavy atom. The van der Waals surface area contributed by atoms with Crippen LogP contribution in [0.3, 0.4) is 0 Å². The van der Waals surface area contributed by atoms with Gasteiger partial charge in [0.25, 0.3) is 0 Å². The summed E-state index contributed by atoms with van der Waals surface area (Å²) in [6.45, 7) is 3.19. The number of hydrogen-bond acceptors (Lipinski definition) is 6. The molecule has 0 bridgehead atoms. The second-order valence-electron chi connectivity index (χ2n) is 4.36. The molecule has 0 radical (unpaired) electrons. The summed E-state index contributed by atoms with van der Waals surface area (Å²) < 4.78 is 44.6. The fourth-order valence-corrected chi connectivity index (χ4v) is 2.77. The summed E-state index contributed by atoms with van der Waals surface area (Å²) in [6.07, 6.45) is 0.905. The summed E-state index contributed by atoms with van der Waals surface area (Å²) in [5.41, 5.74) is -0.744. The molecule has 0 fully saturated rings. The average molecular weight is 335 g/mol. The van der Waals surface area contributed by atoms with Crippen molar-refractivity contribution in [1.82, 2.24) is 10.0 Å². The van der Waals surface area contributed by atoms with E-state index in [1.165, 1.54) is 0 Å². The molecule has 1 aromatic rings. The smallest absolute Gasteiger partial charge is 0.315 e. The van der Waals surface area contributed by atoms with E-state index in [4.69, 9.17) is 0 Å². The normalized spacial score (nSPS) is 11.4. The van der Waals surface area contributed by atoms with E-state index in [9.17, 15) is 22.9 Å². The minimum atomic E-state index is -4.04. The maximum absolute atomic E-state index is 13.8. The first kappa shape index (κ1) is 18.3. The highest BCUT2D eigenvalue weighted by Crippen LogP contribution is 2.32. The number of nitro benzene ring substituents is 1. The van der Waals surface area contributed by atoms with Crippen LogP contribution in [0.15, 0.2) is 17.0 Å². The predicted molar refractivity (Wildman–Crippen MR) is 78.0 cm³/mol. The summed E-state index contributed by atoms with van der Waals surface area (Å²) in [4.78, 5) is 9.46. The first-order chi connectivity index (χ1) is 10.3. The highest BCUT2D eigenvalue weighted by Gasteiger charge is 2.25. The molecule has 0 saturated carbocycles. The maximum atomic E-state index is 13.8.